The first-order valence-electron chi connectivity index (χ1n) is 7.54. The van der Waals surface area contributed by atoms with Gasteiger partial charge in [-0.2, -0.15) is 0 Å². The van der Waals surface area contributed by atoms with Gasteiger partial charge in [0.2, 0.25) is 5.91 Å². The van der Waals surface area contributed by atoms with Crippen molar-refractivity contribution in [2.75, 3.05) is 0 Å². The van der Waals surface area contributed by atoms with Crippen LogP contribution in [-0.2, 0) is 9.59 Å². The molecule has 0 aromatic heterocycles. The van der Waals surface area contributed by atoms with E-state index in [4.69, 9.17) is 5.11 Å². The highest BCUT2D eigenvalue weighted by Gasteiger charge is 2.31. The zero-order valence-electron chi connectivity index (χ0n) is 13.1. The summed E-state index contributed by atoms with van der Waals surface area (Å²) in [7, 11) is 0. The van der Waals surface area contributed by atoms with Gasteiger partial charge < -0.3 is 15.5 Å². The lowest BCUT2D eigenvalue weighted by atomic mass is 9.88. The summed E-state index contributed by atoms with van der Waals surface area (Å²) in [5, 5.41) is 22.1. The third-order valence-corrected chi connectivity index (χ3v) is 3.72. The van der Waals surface area contributed by atoms with Crippen LogP contribution in [-0.4, -0.2) is 33.7 Å². The molecule has 0 fully saturated rings. The van der Waals surface area contributed by atoms with E-state index in [2.05, 4.69) is 5.32 Å². The minimum Gasteiger partial charge on any atom is -0.480 e. The smallest absolute Gasteiger partial charge is 0.326 e. The van der Waals surface area contributed by atoms with Gasteiger partial charge in [-0.05, 0) is 18.8 Å². The predicted octanol–water partition coefficient (Wildman–Crippen LogP) is 2.32. The van der Waals surface area contributed by atoms with E-state index in [0.717, 1.165) is 12.8 Å². The van der Waals surface area contributed by atoms with Gasteiger partial charge >= 0.3 is 5.97 Å². The number of carbonyl (C=O) groups excluding carboxylic acids is 1. The summed E-state index contributed by atoms with van der Waals surface area (Å²) in [6.07, 6.45) is 3.32. The van der Waals surface area contributed by atoms with E-state index in [0.29, 0.717) is 19.3 Å². The maximum absolute atomic E-state index is 12.0. The third-order valence-electron chi connectivity index (χ3n) is 3.72. The molecule has 20 heavy (non-hydrogen) atoms. The number of carboxylic acids is 1. The summed E-state index contributed by atoms with van der Waals surface area (Å²) >= 11 is 0. The molecule has 0 aromatic carbocycles. The van der Waals surface area contributed by atoms with E-state index in [1.54, 1.807) is 6.92 Å². The number of aliphatic hydroxyl groups is 1. The number of amides is 1. The Bertz CT molecular complexity index is 311. The quantitative estimate of drug-likeness (QED) is 0.575. The van der Waals surface area contributed by atoms with Crippen LogP contribution in [0.4, 0.5) is 0 Å². The summed E-state index contributed by atoms with van der Waals surface area (Å²) in [6.45, 7) is 7.59. The van der Waals surface area contributed by atoms with Crippen molar-refractivity contribution in [1.29, 1.82) is 0 Å². The first-order chi connectivity index (χ1) is 9.29. The van der Waals surface area contributed by atoms with Gasteiger partial charge in [-0.15, -0.1) is 0 Å². The van der Waals surface area contributed by atoms with Crippen LogP contribution < -0.4 is 5.32 Å². The zero-order chi connectivity index (χ0) is 15.8. The molecule has 0 unspecified atom stereocenters. The van der Waals surface area contributed by atoms with E-state index in [-0.39, 0.29) is 18.2 Å². The molecule has 0 saturated heterocycles. The fourth-order valence-corrected chi connectivity index (χ4v) is 2.44. The lowest BCUT2D eigenvalue weighted by Gasteiger charge is -2.28. The molecule has 0 saturated carbocycles. The van der Waals surface area contributed by atoms with Crippen molar-refractivity contribution in [2.24, 2.45) is 5.92 Å². The van der Waals surface area contributed by atoms with Gasteiger partial charge in [-0.25, -0.2) is 4.79 Å². The van der Waals surface area contributed by atoms with Gasteiger partial charge in [0.15, 0.2) is 0 Å². The lowest BCUT2D eigenvalue weighted by Crippen LogP contribution is -2.47. The van der Waals surface area contributed by atoms with E-state index < -0.39 is 17.6 Å². The number of aliphatic carboxylic acids is 1. The normalized spacial score (nSPS) is 14.7. The van der Waals surface area contributed by atoms with Crippen LogP contribution in [0.1, 0.15) is 66.2 Å². The van der Waals surface area contributed by atoms with Crippen LogP contribution in [0.3, 0.4) is 0 Å². The fourth-order valence-electron chi connectivity index (χ4n) is 2.44. The first kappa shape index (κ1) is 18.9. The molecule has 5 nitrogen and oxygen atoms in total. The summed E-state index contributed by atoms with van der Waals surface area (Å²) in [4.78, 5) is 23.2. The summed E-state index contributed by atoms with van der Waals surface area (Å²) in [5.41, 5.74) is -1.02. The second kappa shape index (κ2) is 8.95. The van der Waals surface area contributed by atoms with Gasteiger partial charge in [0.1, 0.15) is 6.04 Å². The molecule has 0 spiro atoms. The molecule has 0 radical (unpaired) electrons. The van der Waals surface area contributed by atoms with Gasteiger partial charge in [0.25, 0.3) is 0 Å². The predicted molar refractivity (Wildman–Crippen MR) is 78.4 cm³/mol. The average molecular weight is 287 g/mol. The molecule has 0 aliphatic carbocycles. The minimum absolute atomic E-state index is 0.0328. The Kier molecular flexibility index (Phi) is 8.46. The van der Waals surface area contributed by atoms with Crippen LogP contribution in [0.25, 0.3) is 0 Å². The standard InChI is InChI=1S/C15H29NO4/c1-5-8-15(20,9-6-2)10-12(17)16-13(14(18)19)11(4)7-3/h11,13,20H,5-10H2,1-4H3,(H,16,17)(H,18,19)/t11-,13-/m0/s1. The Labute approximate surface area is 121 Å². The largest absolute Gasteiger partial charge is 0.480 e. The van der Waals surface area contributed by atoms with Crippen LogP contribution in [0.15, 0.2) is 0 Å². The topological polar surface area (TPSA) is 86.6 Å². The van der Waals surface area contributed by atoms with Crippen molar-refractivity contribution >= 4 is 11.9 Å². The molecular formula is C15H29NO4. The molecule has 0 aliphatic heterocycles. The molecule has 118 valence electrons. The Morgan fingerprint density at radius 2 is 1.65 bits per heavy atom. The van der Waals surface area contributed by atoms with E-state index >= 15 is 0 Å². The molecule has 0 heterocycles. The second-order valence-corrected chi connectivity index (χ2v) is 5.67. The minimum atomic E-state index is -1.03. The maximum atomic E-state index is 12.0. The van der Waals surface area contributed by atoms with Crippen LogP contribution in [0.5, 0.6) is 0 Å². The monoisotopic (exact) mass is 287 g/mol. The van der Waals surface area contributed by atoms with E-state index in [1.807, 2.05) is 20.8 Å². The zero-order valence-corrected chi connectivity index (χ0v) is 13.1. The van der Waals surface area contributed by atoms with E-state index in [9.17, 15) is 14.7 Å². The fraction of sp³-hybridized carbons (Fsp3) is 0.867. The Balaban J connectivity index is 4.68. The van der Waals surface area contributed by atoms with Gasteiger partial charge in [0.05, 0.1) is 12.0 Å². The summed E-state index contributed by atoms with van der Waals surface area (Å²) < 4.78 is 0. The number of carboxylic acid groups (broad SMARTS) is 1. The first-order valence-corrected chi connectivity index (χ1v) is 7.54. The number of hydrogen-bond acceptors (Lipinski definition) is 3. The SMILES string of the molecule is CCCC(O)(CCC)CC(=O)N[C@H](C(=O)O)[C@@H](C)CC. The van der Waals surface area contributed by atoms with Crippen LogP contribution >= 0.6 is 0 Å². The summed E-state index contributed by atoms with van der Waals surface area (Å²) in [5.74, 6) is -1.55. The van der Waals surface area contributed by atoms with Crippen molar-refractivity contribution in [1.82, 2.24) is 5.32 Å². The Hall–Kier alpha value is -1.10. The third kappa shape index (κ3) is 6.37. The number of rotatable bonds is 10. The second-order valence-electron chi connectivity index (χ2n) is 5.67. The lowest BCUT2D eigenvalue weighted by molar-refractivity contribution is -0.144. The number of hydrogen-bond donors (Lipinski definition) is 3. The van der Waals surface area contributed by atoms with Crippen LogP contribution in [0, 0.1) is 5.92 Å². The van der Waals surface area contributed by atoms with Gasteiger partial charge in [0, 0.05) is 0 Å². The van der Waals surface area contributed by atoms with Crippen molar-refractivity contribution in [2.45, 2.75) is 77.9 Å². The van der Waals surface area contributed by atoms with Crippen molar-refractivity contribution < 1.29 is 19.8 Å². The highest BCUT2D eigenvalue weighted by atomic mass is 16.4. The van der Waals surface area contributed by atoms with Gasteiger partial charge in [-0.1, -0.05) is 47.0 Å². The van der Waals surface area contributed by atoms with Crippen LogP contribution in [0.2, 0.25) is 0 Å². The van der Waals surface area contributed by atoms with Gasteiger partial charge in [-0.3, -0.25) is 4.79 Å². The molecule has 2 atom stereocenters. The molecule has 0 aliphatic rings. The number of nitrogens with one attached hydrogen (secondary N) is 1. The maximum Gasteiger partial charge on any atom is 0.326 e. The highest BCUT2D eigenvalue weighted by molar-refractivity contribution is 5.84. The summed E-state index contributed by atoms with van der Waals surface area (Å²) in [6, 6.07) is -0.889. The molecule has 0 rings (SSSR count). The Morgan fingerprint density at radius 1 is 1.15 bits per heavy atom. The molecule has 0 aromatic rings. The van der Waals surface area contributed by atoms with Crippen molar-refractivity contribution in [3.8, 4) is 0 Å². The van der Waals surface area contributed by atoms with E-state index in [1.165, 1.54) is 0 Å². The van der Waals surface area contributed by atoms with Crippen molar-refractivity contribution in [3.05, 3.63) is 0 Å². The molecule has 0 bridgehead atoms. The highest BCUT2D eigenvalue weighted by Crippen LogP contribution is 2.23. The Morgan fingerprint density at radius 3 is 2.00 bits per heavy atom. The molecule has 3 N–H and O–H groups in total. The van der Waals surface area contributed by atoms with Crippen molar-refractivity contribution in [3.63, 3.8) is 0 Å². The average Bonchev–Trinajstić information content (AvgIpc) is 2.34. The molecule has 1 amide bonds. The molecular weight excluding hydrogens is 258 g/mol. The number of carbonyl (C=O) groups is 2. The molecule has 5 heteroatoms.